The molecule has 1 aliphatic carbocycles. The van der Waals surface area contributed by atoms with E-state index in [9.17, 15) is 14.2 Å². The Kier molecular flexibility index (Phi) is 2.79. The van der Waals surface area contributed by atoms with E-state index in [1.807, 2.05) is 12.1 Å². The van der Waals surface area contributed by atoms with Crippen molar-refractivity contribution in [3.8, 4) is 27.4 Å². The number of H-pyrrole nitrogens is 1. The van der Waals surface area contributed by atoms with E-state index in [0.29, 0.717) is 21.7 Å². The van der Waals surface area contributed by atoms with Gasteiger partial charge in [0, 0.05) is 15.8 Å². The maximum Gasteiger partial charge on any atom is 0.125 e. The van der Waals surface area contributed by atoms with Crippen LogP contribution in [-0.4, -0.2) is 19.2 Å². The monoisotopic (exact) mass is 383 g/mol. The van der Waals surface area contributed by atoms with E-state index in [4.69, 9.17) is 0 Å². The summed E-state index contributed by atoms with van der Waals surface area (Å²) in [6.07, 6.45) is 1.68. The second kappa shape index (κ2) is 4.37. The number of halogens is 1. The zero-order chi connectivity index (χ0) is 14.8. The molecule has 3 heterocycles. The Morgan fingerprint density at radius 3 is 2.62 bits per heavy atom. The van der Waals surface area contributed by atoms with Crippen LogP contribution in [0.3, 0.4) is 0 Å². The van der Waals surface area contributed by atoms with Gasteiger partial charge in [-0.2, -0.15) is 0 Å². The number of nitrogens with one attached hydrogen (secondary N) is 1. The van der Waals surface area contributed by atoms with Crippen LogP contribution in [0.5, 0.6) is 5.75 Å². The van der Waals surface area contributed by atoms with Crippen molar-refractivity contribution in [1.82, 2.24) is 4.98 Å². The Morgan fingerprint density at radius 1 is 1.10 bits per heavy atom. The van der Waals surface area contributed by atoms with Crippen molar-refractivity contribution in [2.45, 2.75) is 4.90 Å². The maximum absolute atomic E-state index is 10.3. The summed E-state index contributed by atoms with van der Waals surface area (Å²) in [4.78, 5) is 4.47. The van der Waals surface area contributed by atoms with Gasteiger partial charge in [-0.05, 0) is 46.3 Å². The smallest absolute Gasteiger partial charge is 0.125 e. The highest BCUT2D eigenvalue weighted by atomic mass is 79.9. The van der Waals surface area contributed by atoms with Gasteiger partial charge in [-0.1, -0.05) is 0 Å². The fraction of sp³-hybridized carbons (Fsp3) is 0. The Bertz CT molecular complexity index is 865. The summed E-state index contributed by atoms with van der Waals surface area (Å²) in [6.45, 7) is 0. The molecule has 4 nitrogen and oxygen atoms in total. The molecule has 2 aliphatic heterocycles. The molecule has 1 aromatic heterocycles. The molecule has 0 bridgehead atoms. The lowest BCUT2D eigenvalue weighted by Gasteiger charge is -2.29. The molecule has 0 unspecified atom stereocenters. The SMILES string of the molecule is Oc1ccc2[nH]c3c(c(-c4ccc(Br)s4)c1-2)S(O)(O)C=C3. The molecule has 3 aliphatic rings. The Hall–Kier alpha value is -1.25. The molecular formula is C14H10BrNO3S2. The van der Waals surface area contributed by atoms with E-state index >= 15 is 0 Å². The first-order chi connectivity index (χ1) is 9.97. The van der Waals surface area contributed by atoms with Crippen molar-refractivity contribution < 1.29 is 14.2 Å². The minimum absolute atomic E-state index is 0.130. The highest BCUT2D eigenvalue weighted by molar-refractivity contribution is 9.11. The zero-order valence-corrected chi connectivity index (χ0v) is 13.7. The number of thiophene rings is 1. The molecule has 7 heteroatoms. The van der Waals surface area contributed by atoms with E-state index in [1.165, 1.54) is 16.7 Å². The van der Waals surface area contributed by atoms with Gasteiger partial charge in [0.15, 0.2) is 0 Å². The quantitative estimate of drug-likeness (QED) is 0.453. The van der Waals surface area contributed by atoms with Crippen molar-refractivity contribution in [2.75, 3.05) is 0 Å². The van der Waals surface area contributed by atoms with Crippen LogP contribution in [0.1, 0.15) is 5.69 Å². The number of fused-ring (bicyclic) bond motifs is 2. The van der Waals surface area contributed by atoms with Gasteiger partial charge in [-0.15, -0.1) is 21.9 Å². The molecule has 4 rings (SSSR count). The minimum Gasteiger partial charge on any atom is -0.507 e. The number of aromatic nitrogens is 1. The number of rotatable bonds is 1. The summed E-state index contributed by atoms with van der Waals surface area (Å²) < 4.78 is 21.6. The lowest BCUT2D eigenvalue weighted by Crippen LogP contribution is -2.00. The largest absolute Gasteiger partial charge is 0.507 e. The highest BCUT2D eigenvalue weighted by Crippen LogP contribution is 2.62. The second-order valence-corrected chi connectivity index (χ2v) is 9.08. The summed E-state index contributed by atoms with van der Waals surface area (Å²) >= 11 is 4.92. The molecule has 4 N–H and O–H groups in total. The van der Waals surface area contributed by atoms with Crippen LogP contribution < -0.4 is 0 Å². The van der Waals surface area contributed by atoms with Gasteiger partial charge in [0.05, 0.1) is 25.6 Å². The number of hydrogen-bond donors (Lipinski definition) is 4. The summed E-state index contributed by atoms with van der Waals surface area (Å²) in [6, 6.07) is 7.21. The average molecular weight is 384 g/mol. The third kappa shape index (κ3) is 1.89. The standard InChI is InChI=1S/C14H10BrNO3S2/c15-11-4-3-10(20-11)13-12-7(1-2-9(12)17)16-8-5-6-21(18,19)14(8)13/h1-6,16-19H. The third-order valence-electron chi connectivity index (χ3n) is 3.47. The summed E-state index contributed by atoms with van der Waals surface area (Å²) in [7, 11) is -2.99. The third-order valence-corrected chi connectivity index (χ3v) is 6.65. The molecular weight excluding hydrogens is 374 g/mol. The normalized spacial score (nSPS) is 17.3. The number of aromatic hydroxyl groups is 1. The highest BCUT2D eigenvalue weighted by Gasteiger charge is 2.32. The molecule has 21 heavy (non-hydrogen) atoms. The molecule has 0 amide bonds. The van der Waals surface area contributed by atoms with Crippen LogP contribution in [0.25, 0.3) is 27.8 Å². The molecule has 0 saturated carbocycles. The average Bonchev–Trinajstić information content (AvgIpc) is 3.09. The molecule has 1 aromatic rings. The molecule has 0 fully saturated rings. The van der Waals surface area contributed by atoms with Crippen molar-refractivity contribution in [2.24, 2.45) is 0 Å². The van der Waals surface area contributed by atoms with Gasteiger partial charge in [0.25, 0.3) is 0 Å². The topological polar surface area (TPSA) is 76.5 Å². The first-order valence-electron chi connectivity index (χ1n) is 6.07. The predicted octanol–water partition coefficient (Wildman–Crippen LogP) is 5.41. The van der Waals surface area contributed by atoms with Gasteiger partial charge >= 0.3 is 0 Å². The fourth-order valence-electron chi connectivity index (χ4n) is 2.63. The predicted molar refractivity (Wildman–Crippen MR) is 90.2 cm³/mol. The summed E-state index contributed by atoms with van der Waals surface area (Å²) in [5.74, 6) is 0.130. The Morgan fingerprint density at radius 2 is 1.90 bits per heavy atom. The zero-order valence-electron chi connectivity index (χ0n) is 10.5. The van der Waals surface area contributed by atoms with Gasteiger partial charge in [-0.25, -0.2) is 0 Å². The lowest BCUT2D eigenvalue weighted by molar-refractivity contribution is 0.479. The van der Waals surface area contributed by atoms with E-state index in [1.54, 1.807) is 18.2 Å². The minimum atomic E-state index is -2.99. The van der Waals surface area contributed by atoms with Gasteiger partial charge in [-0.3, -0.25) is 9.11 Å². The molecule has 0 saturated heterocycles. The lowest BCUT2D eigenvalue weighted by atomic mass is 10.0. The maximum atomic E-state index is 10.3. The second-order valence-electron chi connectivity index (χ2n) is 4.75. The van der Waals surface area contributed by atoms with Crippen LogP contribution in [0.4, 0.5) is 0 Å². The van der Waals surface area contributed by atoms with Gasteiger partial charge < -0.3 is 10.1 Å². The summed E-state index contributed by atoms with van der Waals surface area (Å²) in [5.41, 5.74) is 2.74. The van der Waals surface area contributed by atoms with Crippen LogP contribution in [-0.2, 0) is 0 Å². The molecule has 0 aromatic carbocycles. The first kappa shape index (κ1) is 13.4. The van der Waals surface area contributed by atoms with E-state index < -0.39 is 10.6 Å². The Labute approximate surface area is 134 Å². The van der Waals surface area contributed by atoms with Crippen LogP contribution in [0.2, 0.25) is 0 Å². The molecule has 108 valence electrons. The summed E-state index contributed by atoms with van der Waals surface area (Å²) in [5, 5.41) is 11.6. The Balaban J connectivity index is 2.16. The molecule has 0 radical (unpaired) electrons. The van der Waals surface area contributed by atoms with Crippen molar-refractivity contribution >= 4 is 43.9 Å². The van der Waals surface area contributed by atoms with Crippen LogP contribution in [0, 0.1) is 0 Å². The first-order valence-corrected chi connectivity index (χ1v) is 9.29. The van der Waals surface area contributed by atoms with E-state index in [2.05, 4.69) is 20.9 Å². The number of hydrogen-bond acceptors (Lipinski definition) is 4. The molecule has 0 spiro atoms. The van der Waals surface area contributed by atoms with Gasteiger partial charge in [0.2, 0.25) is 0 Å². The van der Waals surface area contributed by atoms with Crippen molar-refractivity contribution in [1.29, 1.82) is 0 Å². The van der Waals surface area contributed by atoms with Gasteiger partial charge in [0.1, 0.15) is 5.75 Å². The van der Waals surface area contributed by atoms with E-state index in [0.717, 1.165) is 14.4 Å². The van der Waals surface area contributed by atoms with Crippen LogP contribution >= 0.6 is 37.9 Å². The van der Waals surface area contributed by atoms with Crippen molar-refractivity contribution in [3.63, 3.8) is 0 Å². The number of aromatic amines is 1. The fourth-order valence-corrected chi connectivity index (χ4v) is 5.55. The van der Waals surface area contributed by atoms with E-state index in [-0.39, 0.29) is 5.75 Å². The van der Waals surface area contributed by atoms with Crippen molar-refractivity contribution in [3.05, 3.63) is 39.2 Å². The van der Waals surface area contributed by atoms with Crippen LogP contribution in [0.15, 0.2) is 38.4 Å². The molecule has 0 atom stereocenters. The number of pyridine rings is 1.